The Bertz CT molecular complexity index is 1360. The minimum absolute atomic E-state index is 0.0676. The molecule has 0 radical (unpaired) electrons. The average molecular weight is 482 g/mol. The zero-order valence-electron chi connectivity index (χ0n) is 18.0. The molecule has 34 heavy (non-hydrogen) atoms. The highest BCUT2D eigenvalue weighted by atomic mass is 35.5. The number of hydrogen-bond donors (Lipinski definition) is 2. The lowest BCUT2D eigenvalue weighted by Gasteiger charge is -2.35. The van der Waals surface area contributed by atoms with E-state index in [1.165, 1.54) is 24.3 Å². The Morgan fingerprint density at radius 3 is 2.56 bits per heavy atom. The third-order valence-electron chi connectivity index (χ3n) is 5.69. The molecule has 9 nitrogen and oxygen atoms in total. The Labute approximate surface area is 198 Å². The molecule has 0 saturated carbocycles. The smallest absolute Gasteiger partial charge is 0.295 e. The quantitative estimate of drug-likeness (QED) is 0.454. The molecule has 5 rings (SSSR count). The van der Waals surface area contributed by atoms with Crippen molar-refractivity contribution in [2.75, 3.05) is 42.9 Å². The molecule has 174 valence electrons. The molecule has 0 spiro atoms. The fourth-order valence-electron chi connectivity index (χ4n) is 3.92. The number of carbonyl (C=O) groups is 1. The number of nitrogens with zero attached hydrogens (tertiary/aromatic N) is 5. The molecule has 4 aromatic rings. The first kappa shape index (κ1) is 22.1. The summed E-state index contributed by atoms with van der Waals surface area (Å²) in [4.78, 5) is 36.7. The van der Waals surface area contributed by atoms with Crippen LogP contribution in [0.1, 0.15) is 0 Å². The van der Waals surface area contributed by atoms with Crippen LogP contribution in [0.3, 0.4) is 0 Å². The predicted octanol–water partition coefficient (Wildman–Crippen LogP) is 2.66. The van der Waals surface area contributed by atoms with Gasteiger partial charge in [-0.15, -0.1) is 0 Å². The van der Waals surface area contributed by atoms with E-state index >= 15 is 0 Å². The molecule has 1 saturated heterocycles. The Morgan fingerprint density at radius 1 is 1.09 bits per heavy atom. The average Bonchev–Trinajstić information content (AvgIpc) is 3.27. The molecule has 2 N–H and O–H groups in total. The highest BCUT2D eigenvalue weighted by molar-refractivity contribution is 6.33. The summed E-state index contributed by atoms with van der Waals surface area (Å²) in [6.07, 6.45) is 1.56. The van der Waals surface area contributed by atoms with Crippen molar-refractivity contribution in [3.8, 4) is 5.95 Å². The number of imidazole rings is 1. The van der Waals surface area contributed by atoms with Crippen LogP contribution >= 0.6 is 11.6 Å². The van der Waals surface area contributed by atoms with Crippen molar-refractivity contribution >= 4 is 39.9 Å². The summed E-state index contributed by atoms with van der Waals surface area (Å²) in [5.74, 6) is -0.225. The normalized spacial score (nSPS) is 14.5. The molecule has 0 unspecified atom stereocenters. The van der Waals surface area contributed by atoms with E-state index in [1.54, 1.807) is 6.20 Å². The third kappa shape index (κ3) is 4.50. The van der Waals surface area contributed by atoms with Gasteiger partial charge in [-0.3, -0.25) is 14.5 Å². The van der Waals surface area contributed by atoms with Crippen LogP contribution in [0.2, 0.25) is 5.02 Å². The van der Waals surface area contributed by atoms with Crippen LogP contribution in [-0.2, 0) is 4.79 Å². The van der Waals surface area contributed by atoms with Crippen molar-refractivity contribution in [2.45, 2.75) is 0 Å². The van der Waals surface area contributed by atoms with E-state index in [2.05, 4.69) is 20.4 Å². The lowest BCUT2D eigenvalue weighted by Crippen LogP contribution is -2.49. The first-order chi connectivity index (χ1) is 16.5. The number of amides is 1. The molecule has 1 fully saturated rings. The Hall–Kier alpha value is -3.76. The van der Waals surface area contributed by atoms with Gasteiger partial charge in [0.2, 0.25) is 11.9 Å². The third-order valence-corrected chi connectivity index (χ3v) is 6.04. The van der Waals surface area contributed by atoms with E-state index in [0.717, 1.165) is 15.7 Å². The maximum Gasteiger partial charge on any atom is 0.295 e. The van der Waals surface area contributed by atoms with Crippen LogP contribution in [0.5, 0.6) is 0 Å². The van der Waals surface area contributed by atoms with E-state index in [0.29, 0.717) is 43.5 Å². The lowest BCUT2D eigenvalue weighted by atomic mass is 10.2. The first-order valence-electron chi connectivity index (χ1n) is 10.7. The topological polar surface area (TPSA) is 99.2 Å². The van der Waals surface area contributed by atoms with Crippen LogP contribution in [0.4, 0.5) is 15.8 Å². The van der Waals surface area contributed by atoms with Crippen molar-refractivity contribution in [3.05, 3.63) is 75.9 Å². The number of piperazine rings is 1. The van der Waals surface area contributed by atoms with Crippen molar-refractivity contribution in [3.63, 3.8) is 0 Å². The number of hydrogen-bond acceptors (Lipinski definition) is 6. The van der Waals surface area contributed by atoms with Gasteiger partial charge in [0.25, 0.3) is 5.56 Å². The second kappa shape index (κ2) is 9.24. The molecular weight excluding hydrogens is 461 g/mol. The molecule has 11 heteroatoms. The fraction of sp³-hybridized carbons (Fsp3) is 0.217. The number of aromatic nitrogens is 4. The molecule has 3 heterocycles. The zero-order chi connectivity index (χ0) is 23.7. The van der Waals surface area contributed by atoms with E-state index in [4.69, 9.17) is 11.6 Å². The van der Waals surface area contributed by atoms with Gasteiger partial charge in [-0.2, -0.15) is 9.78 Å². The molecular formula is C23H21ClFN7O2. The summed E-state index contributed by atoms with van der Waals surface area (Å²) >= 11 is 6.44. The number of rotatable bonds is 5. The van der Waals surface area contributed by atoms with Crippen molar-refractivity contribution in [1.29, 1.82) is 0 Å². The van der Waals surface area contributed by atoms with E-state index < -0.39 is 5.56 Å². The van der Waals surface area contributed by atoms with Crippen molar-refractivity contribution in [1.82, 2.24) is 24.6 Å². The maximum atomic E-state index is 13.0. The Morgan fingerprint density at radius 2 is 1.82 bits per heavy atom. The van der Waals surface area contributed by atoms with Crippen LogP contribution in [-0.4, -0.2) is 63.3 Å². The minimum Gasteiger partial charge on any atom is -0.366 e. The Balaban J connectivity index is 1.23. The van der Waals surface area contributed by atoms with E-state index in [9.17, 15) is 14.0 Å². The van der Waals surface area contributed by atoms with Crippen molar-refractivity contribution in [2.24, 2.45) is 0 Å². The van der Waals surface area contributed by atoms with Crippen molar-refractivity contribution < 1.29 is 9.18 Å². The van der Waals surface area contributed by atoms with Crippen LogP contribution < -0.4 is 15.8 Å². The summed E-state index contributed by atoms with van der Waals surface area (Å²) in [5.41, 5.74) is 2.17. The molecule has 1 aliphatic heterocycles. The number of nitrogens with one attached hydrogen (secondary N) is 2. The van der Waals surface area contributed by atoms with Gasteiger partial charge in [-0.1, -0.05) is 23.7 Å². The van der Waals surface area contributed by atoms with Gasteiger partial charge in [-0.05, 0) is 36.4 Å². The predicted molar refractivity (Wildman–Crippen MR) is 128 cm³/mol. The van der Waals surface area contributed by atoms with E-state index in [-0.39, 0.29) is 23.3 Å². The number of benzene rings is 2. The summed E-state index contributed by atoms with van der Waals surface area (Å²) in [5, 5.41) is 7.11. The minimum atomic E-state index is -0.459. The zero-order valence-corrected chi connectivity index (χ0v) is 18.8. The Kier molecular flexibility index (Phi) is 5.99. The summed E-state index contributed by atoms with van der Waals surface area (Å²) in [6, 6.07) is 13.1. The summed E-state index contributed by atoms with van der Waals surface area (Å²) < 4.78 is 14.2. The molecule has 2 aromatic carbocycles. The number of para-hydroxylation sites is 2. The van der Waals surface area contributed by atoms with Gasteiger partial charge in [0.05, 0.1) is 29.5 Å². The van der Waals surface area contributed by atoms with Crippen LogP contribution in [0.25, 0.3) is 17.0 Å². The highest BCUT2D eigenvalue weighted by Crippen LogP contribution is 2.23. The van der Waals surface area contributed by atoms with Gasteiger partial charge >= 0.3 is 0 Å². The van der Waals surface area contributed by atoms with Gasteiger partial charge in [0, 0.05) is 31.9 Å². The van der Waals surface area contributed by atoms with E-state index in [1.807, 2.05) is 34.1 Å². The number of halogens is 2. The first-order valence-corrected chi connectivity index (χ1v) is 11.1. The number of carbonyl (C=O) groups excluding carboxylic acids is 1. The highest BCUT2D eigenvalue weighted by Gasteiger charge is 2.23. The van der Waals surface area contributed by atoms with Crippen LogP contribution in [0.15, 0.2) is 59.5 Å². The van der Waals surface area contributed by atoms with Gasteiger partial charge < -0.3 is 15.2 Å². The maximum absolute atomic E-state index is 13.0. The monoisotopic (exact) mass is 481 g/mol. The number of H-pyrrole nitrogens is 1. The summed E-state index contributed by atoms with van der Waals surface area (Å²) in [6.45, 7) is 2.60. The van der Waals surface area contributed by atoms with Gasteiger partial charge in [0.1, 0.15) is 10.8 Å². The fourth-order valence-corrected chi connectivity index (χ4v) is 4.17. The van der Waals surface area contributed by atoms with Gasteiger partial charge in [0.15, 0.2) is 0 Å². The van der Waals surface area contributed by atoms with Gasteiger partial charge in [-0.25, -0.2) is 9.37 Å². The lowest BCUT2D eigenvalue weighted by molar-refractivity contribution is -0.117. The number of anilines is 2. The molecule has 1 aliphatic rings. The summed E-state index contributed by atoms with van der Waals surface area (Å²) in [7, 11) is 0. The van der Waals surface area contributed by atoms with Crippen LogP contribution in [0, 0.1) is 5.82 Å². The molecule has 1 amide bonds. The second-order valence-corrected chi connectivity index (χ2v) is 8.33. The largest absolute Gasteiger partial charge is 0.366 e. The molecule has 2 aromatic heterocycles. The number of fused-ring (bicyclic) bond motifs is 1. The second-order valence-electron chi connectivity index (χ2n) is 7.96. The standard InChI is InChI=1S/C23H21ClFN7O2/c24-21-19(13-26-32(22(21)34)23-28-17-3-1-2-4-18(17)29-23)31-11-9-30(10-12-31)14-20(33)27-16-7-5-15(25)6-8-16/h1-8,13H,9-12,14H2,(H,27,33)(H,28,29). The molecule has 0 atom stereocenters. The SMILES string of the molecule is O=C(CN1CCN(c2cnn(-c3nc4ccccc4[nH]3)c(=O)c2Cl)CC1)Nc1ccc(F)cc1. The molecule has 0 aliphatic carbocycles. The molecule has 0 bridgehead atoms. The number of aromatic amines is 1.